The Balaban J connectivity index is 1.87. The van der Waals surface area contributed by atoms with E-state index in [1.54, 1.807) is 26.0 Å². The fraction of sp³-hybridized carbons (Fsp3) is 0.476. The van der Waals surface area contributed by atoms with Crippen molar-refractivity contribution >= 4 is 17.7 Å². The number of amides is 1. The van der Waals surface area contributed by atoms with E-state index in [2.05, 4.69) is 6.26 Å². The van der Waals surface area contributed by atoms with Crippen LogP contribution in [-0.4, -0.2) is 48.1 Å². The second-order valence-electron chi connectivity index (χ2n) is 6.73. The molecule has 5 nitrogen and oxygen atoms in total. The van der Waals surface area contributed by atoms with Crippen LogP contribution in [0.2, 0.25) is 0 Å². The zero-order valence-corrected chi connectivity index (χ0v) is 17.1. The van der Waals surface area contributed by atoms with E-state index < -0.39 is 0 Å². The minimum absolute atomic E-state index is 0.0469. The highest BCUT2D eigenvalue weighted by atomic mass is 32.2. The minimum atomic E-state index is -0.155. The molecule has 2 heterocycles. The summed E-state index contributed by atoms with van der Waals surface area (Å²) in [5.41, 5.74) is 1.06. The predicted octanol–water partition coefficient (Wildman–Crippen LogP) is 4.16. The van der Waals surface area contributed by atoms with Gasteiger partial charge in [-0.05, 0) is 55.5 Å². The van der Waals surface area contributed by atoms with Gasteiger partial charge in [0.15, 0.2) is 0 Å². The third-order valence-electron chi connectivity index (χ3n) is 5.20. The Bertz CT molecular complexity index is 748. The molecule has 1 aromatic heterocycles. The van der Waals surface area contributed by atoms with Crippen molar-refractivity contribution in [2.45, 2.75) is 31.3 Å². The molecule has 1 unspecified atom stereocenters. The summed E-state index contributed by atoms with van der Waals surface area (Å²) in [6, 6.07) is 9.72. The van der Waals surface area contributed by atoms with Gasteiger partial charge >= 0.3 is 0 Å². The molecule has 6 heteroatoms. The molecule has 2 atom stereocenters. The normalized spacial score (nSPS) is 17.7. The molecule has 3 rings (SSSR count). The largest absolute Gasteiger partial charge is 0.497 e. The molecule has 27 heavy (non-hydrogen) atoms. The number of carbonyl (C=O) groups is 1. The molecule has 0 saturated carbocycles. The second kappa shape index (κ2) is 9.22. The highest BCUT2D eigenvalue weighted by molar-refractivity contribution is 7.98. The summed E-state index contributed by atoms with van der Waals surface area (Å²) in [6.07, 6.45) is 8.85. The lowest BCUT2D eigenvalue weighted by Gasteiger charge is -2.30. The van der Waals surface area contributed by atoms with Crippen LogP contribution in [0.4, 0.5) is 0 Å². The van der Waals surface area contributed by atoms with Gasteiger partial charge in [-0.2, -0.15) is 11.8 Å². The van der Waals surface area contributed by atoms with Crippen LogP contribution < -0.4 is 9.47 Å². The van der Waals surface area contributed by atoms with E-state index in [0.717, 1.165) is 48.6 Å². The number of ether oxygens (including phenoxy) is 2. The minimum Gasteiger partial charge on any atom is -0.497 e. The van der Waals surface area contributed by atoms with Crippen molar-refractivity contribution in [3.8, 4) is 11.5 Å². The Kier molecular flexibility index (Phi) is 6.72. The zero-order chi connectivity index (χ0) is 19.2. The first-order chi connectivity index (χ1) is 13.2. The maximum absolute atomic E-state index is 13.5. The van der Waals surface area contributed by atoms with Crippen LogP contribution in [-0.2, 0) is 4.79 Å². The highest BCUT2D eigenvalue weighted by Gasteiger charge is 2.35. The summed E-state index contributed by atoms with van der Waals surface area (Å²) in [4.78, 5) is 15.5. The van der Waals surface area contributed by atoms with Crippen molar-refractivity contribution in [3.63, 3.8) is 0 Å². The number of thioether (sulfide) groups is 1. The van der Waals surface area contributed by atoms with E-state index >= 15 is 0 Å². The monoisotopic (exact) mass is 388 g/mol. The Hall–Kier alpha value is -2.08. The summed E-state index contributed by atoms with van der Waals surface area (Å²) >= 11 is 1.78. The maximum Gasteiger partial charge on any atom is 0.246 e. The number of benzene rings is 1. The smallest absolute Gasteiger partial charge is 0.246 e. The van der Waals surface area contributed by atoms with Crippen molar-refractivity contribution in [2.75, 3.05) is 32.8 Å². The number of aromatic nitrogens is 1. The first kappa shape index (κ1) is 19.7. The molecular weight excluding hydrogens is 360 g/mol. The Morgan fingerprint density at radius 1 is 1.26 bits per heavy atom. The van der Waals surface area contributed by atoms with E-state index in [9.17, 15) is 4.79 Å². The van der Waals surface area contributed by atoms with Gasteiger partial charge in [-0.15, -0.1) is 0 Å². The summed E-state index contributed by atoms with van der Waals surface area (Å²) in [7, 11) is 3.31. The van der Waals surface area contributed by atoms with Crippen LogP contribution in [0, 0.1) is 0 Å². The van der Waals surface area contributed by atoms with Crippen LogP contribution in [0.3, 0.4) is 0 Å². The van der Waals surface area contributed by atoms with E-state index in [0.29, 0.717) is 0 Å². The zero-order valence-electron chi connectivity index (χ0n) is 16.3. The Labute approximate surface area is 165 Å². The summed E-state index contributed by atoms with van der Waals surface area (Å²) in [5.74, 6) is 2.69. The quantitative estimate of drug-likeness (QED) is 0.681. The lowest BCUT2D eigenvalue weighted by molar-refractivity contribution is -0.135. The fourth-order valence-corrected chi connectivity index (χ4v) is 4.28. The summed E-state index contributed by atoms with van der Waals surface area (Å²) < 4.78 is 13.0. The average molecular weight is 389 g/mol. The molecule has 0 N–H and O–H groups in total. The fourth-order valence-electron chi connectivity index (χ4n) is 3.82. The molecule has 1 amide bonds. The van der Waals surface area contributed by atoms with Gasteiger partial charge in [0.2, 0.25) is 5.91 Å². The number of likely N-dealkylation sites (tertiary alicyclic amines) is 1. The number of hydrogen-bond donors (Lipinski definition) is 0. The molecule has 1 aromatic carbocycles. The van der Waals surface area contributed by atoms with Gasteiger partial charge in [-0.25, -0.2) is 0 Å². The third-order valence-corrected chi connectivity index (χ3v) is 5.85. The Morgan fingerprint density at radius 2 is 2.04 bits per heavy atom. The van der Waals surface area contributed by atoms with E-state index in [-0.39, 0.29) is 18.0 Å². The van der Waals surface area contributed by atoms with Gasteiger partial charge in [0, 0.05) is 30.6 Å². The van der Waals surface area contributed by atoms with Gasteiger partial charge in [-0.3, -0.25) is 4.79 Å². The molecule has 1 aliphatic heterocycles. The molecule has 2 aromatic rings. The molecule has 146 valence electrons. The predicted molar refractivity (Wildman–Crippen MR) is 110 cm³/mol. The molecule has 0 spiro atoms. The van der Waals surface area contributed by atoms with Gasteiger partial charge in [-0.1, -0.05) is 0 Å². The number of rotatable bonds is 8. The van der Waals surface area contributed by atoms with Crippen molar-refractivity contribution in [3.05, 3.63) is 48.3 Å². The average Bonchev–Trinajstić information content (AvgIpc) is 3.39. The molecule has 1 saturated heterocycles. The van der Waals surface area contributed by atoms with Gasteiger partial charge in [0.05, 0.1) is 20.3 Å². The lowest BCUT2D eigenvalue weighted by Crippen LogP contribution is -2.37. The third kappa shape index (κ3) is 4.26. The van der Waals surface area contributed by atoms with Crippen molar-refractivity contribution < 1.29 is 14.3 Å². The molecule has 1 aliphatic rings. The SMILES string of the molecule is COc1ccc(C2CCCN2C(=O)[C@@H](CCSC)n2cccc2)c(OC)c1. The van der Waals surface area contributed by atoms with Crippen LogP contribution in [0.5, 0.6) is 11.5 Å². The molecular formula is C21H28N2O3S. The first-order valence-corrected chi connectivity index (χ1v) is 10.7. The topological polar surface area (TPSA) is 43.7 Å². The van der Waals surface area contributed by atoms with Gasteiger partial charge in [0.25, 0.3) is 0 Å². The van der Waals surface area contributed by atoms with Crippen LogP contribution in [0.25, 0.3) is 0 Å². The van der Waals surface area contributed by atoms with Gasteiger partial charge in [0.1, 0.15) is 17.5 Å². The second-order valence-corrected chi connectivity index (χ2v) is 7.71. The molecule has 0 radical (unpaired) electrons. The van der Waals surface area contributed by atoms with E-state index in [4.69, 9.17) is 9.47 Å². The number of nitrogens with zero attached hydrogens (tertiary/aromatic N) is 2. The van der Waals surface area contributed by atoms with E-state index in [1.807, 2.05) is 52.2 Å². The molecule has 0 bridgehead atoms. The van der Waals surface area contributed by atoms with Crippen LogP contribution in [0.15, 0.2) is 42.7 Å². The van der Waals surface area contributed by atoms with E-state index in [1.165, 1.54) is 0 Å². The lowest BCUT2D eigenvalue weighted by atomic mass is 10.0. The van der Waals surface area contributed by atoms with Crippen molar-refractivity contribution in [1.29, 1.82) is 0 Å². The van der Waals surface area contributed by atoms with Crippen molar-refractivity contribution in [2.24, 2.45) is 0 Å². The van der Waals surface area contributed by atoms with Gasteiger partial charge < -0.3 is 18.9 Å². The number of hydrogen-bond acceptors (Lipinski definition) is 4. The number of carbonyl (C=O) groups excluding carboxylic acids is 1. The Morgan fingerprint density at radius 3 is 2.70 bits per heavy atom. The van der Waals surface area contributed by atoms with Crippen LogP contribution >= 0.6 is 11.8 Å². The highest BCUT2D eigenvalue weighted by Crippen LogP contribution is 2.40. The standard InChI is InChI=1S/C21H28N2O3S/c1-25-16-8-9-17(20(15-16)26-2)18-7-6-13-23(18)21(24)19(10-14-27-3)22-11-4-5-12-22/h4-5,8-9,11-12,15,18-19H,6-7,10,13-14H2,1-3H3/t18?,19-/m1/s1. The summed E-state index contributed by atoms with van der Waals surface area (Å²) in [5, 5.41) is 0. The summed E-state index contributed by atoms with van der Waals surface area (Å²) in [6.45, 7) is 0.787. The molecule has 0 aliphatic carbocycles. The molecule has 1 fully saturated rings. The number of methoxy groups -OCH3 is 2. The maximum atomic E-state index is 13.5. The first-order valence-electron chi connectivity index (χ1n) is 9.33. The van der Waals surface area contributed by atoms with Crippen LogP contribution in [0.1, 0.15) is 36.9 Å². The van der Waals surface area contributed by atoms with Crippen molar-refractivity contribution in [1.82, 2.24) is 9.47 Å².